The Balaban J connectivity index is 2.24. The molecule has 2 aliphatic rings. The van der Waals surface area contributed by atoms with Crippen molar-refractivity contribution in [2.45, 2.75) is 43.2 Å². The van der Waals surface area contributed by atoms with E-state index in [1.807, 2.05) is 0 Å². The van der Waals surface area contributed by atoms with Gasteiger partial charge in [-0.3, -0.25) is 4.90 Å². The number of nitrogens with one attached hydrogen (secondary N) is 1. The first-order valence-electron chi connectivity index (χ1n) is 6.37. The summed E-state index contributed by atoms with van der Waals surface area (Å²) >= 11 is 3.19. The van der Waals surface area contributed by atoms with Crippen LogP contribution in [0.4, 0.5) is 4.79 Å². The summed E-state index contributed by atoms with van der Waals surface area (Å²) in [6, 6.07) is -0.550. The van der Waals surface area contributed by atoms with Gasteiger partial charge in [0.15, 0.2) is 0 Å². The van der Waals surface area contributed by atoms with Gasteiger partial charge in [-0.25, -0.2) is 4.79 Å². The summed E-state index contributed by atoms with van der Waals surface area (Å²) in [7, 11) is 0. The van der Waals surface area contributed by atoms with Gasteiger partial charge in [-0.05, 0) is 0 Å². The highest BCUT2D eigenvalue weighted by Crippen LogP contribution is 2.26. The zero-order valence-corrected chi connectivity index (χ0v) is 12.5. The molecule has 0 saturated carbocycles. The van der Waals surface area contributed by atoms with Gasteiger partial charge in [-0.15, -0.1) is 0 Å². The Labute approximate surface area is 129 Å². The van der Waals surface area contributed by atoms with Crippen molar-refractivity contribution in [3.63, 3.8) is 0 Å². The summed E-state index contributed by atoms with van der Waals surface area (Å²) < 4.78 is 5.94. The molecule has 2 aliphatic heterocycles. The van der Waals surface area contributed by atoms with Gasteiger partial charge in [0, 0.05) is 17.1 Å². The third-order valence-electron chi connectivity index (χ3n) is 3.46. The Morgan fingerprint density at radius 1 is 1.43 bits per heavy atom. The zero-order valence-electron chi connectivity index (χ0n) is 11.0. The third kappa shape index (κ3) is 3.37. The summed E-state index contributed by atoms with van der Waals surface area (Å²) in [5.41, 5.74) is 5.63. The lowest BCUT2D eigenvalue weighted by Crippen LogP contribution is -2.55. The second kappa shape index (κ2) is 6.57. The minimum atomic E-state index is -1.48. The number of carbonyl (C=O) groups excluding carboxylic acids is 1. The van der Waals surface area contributed by atoms with Gasteiger partial charge in [0.05, 0.1) is 12.7 Å². The first-order chi connectivity index (χ1) is 9.85. The fourth-order valence-electron chi connectivity index (χ4n) is 2.22. The van der Waals surface area contributed by atoms with Crippen molar-refractivity contribution < 1.29 is 30.0 Å². The molecule has 1 saturated heterocycles. The molecule has 2 amide bonds. The smallest absolute Gasteiger partial charge is 0.325 e. The summed E-state index contributed by atoms with van der Waals surface area (Å²) in [6.07, 6.45) is -5.76. The Hall–Kier alpha value is -0.750. The van der Waals surface area contributed by atoms with Crippen molar-refractivity contribution in [1.29, 1.82) is 0 Å². The number of nitrogens with two attached hydrogens (primary N) is 1. The molecule has 10 heteroatoms. The highest BCUT2D eigenvalue weighted by molar-refractivity contribution is 9.11. The van der Waals surface area contributed by atoms with E-state index in [9.17, 15) is 25.2 Å². The number of amides is 2. The molecule has 2 rings (SSSR count). The van der Waals surface area contributed by atoms with Crippen LogP contribution >= 0.6 is 15.9 Å². The van der Waals surface area contributed by atoms with Crippen molar-refractivity contribution in [3.8, 4) is 0 Å². The van der Waals surface area contributed by atoms with E-state index >= 15 is 0 Å². The van der Waals surface area contributed by atoms with Crippen LogP contribution < -0.4 is 11.1 Å². The van der Waals surface area contributed by atoms with Gasteiger partial charge in [0.2, 0.25) is 0 Å². The van der Waals surface area contributed by atoms with Crippen molar-refractivity contribution >= 4 is 22.0 Å². The molecule has 0 aromatic rings. The average molecular weight is 368 g/mol. The van der Waals surface area contributed by atoms with Gasteiger partial charge in [0.25, 0.3) is 0 Å². The van der Waals surface area contributed by atoms with E-state index in [-0.39, 0.29) is 6.42 Å². The van der Waals surface area contributed by atoms with Gasteiger partial charge in [-0.1, -0.05) is 15.9 Å². The highest BCUT2D eigenvalue weighted by atomic mass is 79.9. The molecule has 2 heterocycles. The highest BCUT2D eigenvalue weighted by Gasteiger charge is 2.42. The Bertz CT molecular complexity index is 436. The number of halogens is 1. The summed E-state index contributed by atoms with van der Waals surface area (Å²) in [4.78, 5) is 13.1. The maximum Gasteiger partial charge on any atom is 0.325 e. The Morgan fingerprint density at radius 2 is 2.10 bits per heavy atom. The predicted octanol–water partition coefficient (Wildman–Crippen LogP) is -2.28. The van der Waals surface area contributed by atoms with Crippen LogP contribution in [0.5, 0.6) is 0 Å². The molecule has 21 heavy (non-hydrogen) atoms. The molecule has 0 aromatic carbocycles. The number of nitrogens with zero attached hydrogens (tertiary/aromatic N) is 1. The predicted molar refractivity (Wildman–Crippen MR) is 73.7 cm³/mol. The first kappa shape index (κ1) is 16.6. The van der Waals surface area contributed by atoms with Gasteiger partial charge in [0.1, 0.15) is 30.7 Å². The minimum absolute atomic E-state index is 0.131. The molecule has 2 unspecified atom stereocenters. The molecular weight excluding hydrogens is 350 g/mol. The quantitative estimate of drug-likeness (QED) is 0.322. The van der Waals surface area contributed by atoms with E-state index in [0.29, 0.717) is 4.48 Å². The fraction of sp³-hybridized carbons (Fsp3) is 0.727. The largest absolute Gasteiger partial charge is 0.394 e. The molecule has 0 aliphatic carbocycles. The minimum Gasteiger partial charge on any atom is -0.394 e. The summed E-state index contributed by atoms with van der Waals surface area (Å²) in [5.74, 6) is 0. The van der Waals surface area contributed by atoms with Crippen molar-refractivity contribution in [2.24, 2.45) is 5.73 Å². The van der Waals surface area contributed by atoms with Gasteiger partial charge < -0.3 is 36.2 Å². The molecule has 7 N–H and O–H groups in total. The molecule has 0 bridgehead atoms. The fourth-order valence-corrected chi connectivity index (χ4v) is 2.56. The zero-order chi connectivity index (χ0) is 15.7. The maximum absolute atomic E-state index is 11.9. The number of hydrogen-bond donors (Lipinski definition) is 6. The number of ether oxygens (including phenoxy) is 1. The van der Waals surface area contributed by atoms with Crippen LogP contribution in [-0.4, -0.2) is 74.8 Å². The van der Waals surface area contributed by atoms with Crippen LogP contribution in [0.25, 0.3) is 0 Å². The molecule has 1 fully saturated rings. The lowest BCUT2D eigenvalue weighted by Gasteiger charge is -2.34. The van der Waals surface area contributed by atoms with E-state index in [0.717, 1.165) is 4.90 Å². The van der Waals surface area contributed by atoms with Gasteiger partial charge >= 0.3 is 6.03 Å². The van der Waals surface area contributed by atoms with Crippen LogP contribution in [0.15, 0.2) is 10.7 Å². The van der Waals surface area contributed by atoms with E-state index in [2.05, 4.69) is 21.2 Å². The van der Waals surface area contributed by atoms with Crippen molar-refractivity contribution in [2.75, 3.05) is 6.61 Å². The molecule has 9 nitrogen and oxygen atoms in total. The van der Waals surface area contributed by atoms with Gasteiger partial charge in [-0.2, -0.15) is 0 Å². The number of carbonyl (C=O) groups is 1. The number of aliphatic hydroxyl groups is 4. The molecule has 0 radical (unpaired) electrons. The number of urea groups is 1. The van der Waals surface area contributed by atoms with E-state index in [1.165, 1.54) is 6.20 Å². The first-order valence-corrected chi connectivity index (χ1v) is 7.16. The van der Waals surface area contributed by atoms with E-state index in [1.54, 1.807) is 0 Å². The molecule has 0 spiro atoms. The lowest BCUT2D eigenvalue weighted by molar-refractivity contribution is -0.135. The van der Waals surface area contributed by atoms with Crippen LogP contribution in [0.3, 0.4) is 0 Å². The normalized spacial score (nSPS) is 41.3. The van der Waals surface area contributed by atoms with E-state index < -0.39 is 49.4 Å². The lowest BCUT2D eigenvalue weighted by atomic mass is 10.0. The number of rotatable bonds is 2. The standard InChI is InChI=1S/C11H18BrN3O6/c12-4-2-15(11(20)14-10(4)13)7-1-5(17)8(18)9(19)6(3-16)21-7/h2,5-10,16-19H,1,3,13H2,(H,14,20)/t5-,6-,7?,8-,9-,10?/m1/s1. The molecule has 120 valence electrons. The van der Waals surface area contributed by atoms with E-state index in [4.69, 9.17) is 10.5 Å². The molecular formula is C11H18BrN3O6. The second-order valence-electron chi connectivity index (χ2n) is 4.94. The molecule has 6 atom stereocenters. The van der Waals surface area contributed by atoms with Crippen LogP contribution in [0.2, 0.25) is 0 Å². The average Bonchev–Trinajstić information content (AvgIpc) is 2.54. The van der Waals surface area contributed by atoms with Crippen molar-refractivity contribution in [1.82, 2.24) is 10.2 Å². The monoisotopic (exact) mass is 367 g/mol. The number of hydrogen-bond acceptors (Lipinski definition) is 7. The topological polar surface area (TPSA) is 149 Å². The maximum atomic E-state index is 11.9. The van der Waals surface area contributed by atoms with Crippen LogP contribution in [-0.2, 0) is 4.74 Å². The SMILES string of the molecule is NC1NC(=O)N(C2C[C@@H](O)[C@@H](O)[C@H](O)[C@@H](CO)O2)C=C1Br. The molecule has 0 aromatic heterocycles. The number of aliphatic hydroxyl groups excluding tert-OH is 4. The second-order valence-corrected chi connectivity index (χ2v) is 5.86. The summed E-state index contributed by atoms with van der Waals surface area (Å²) in [6.45, 7) is -0.568. The summed E-state index contributed by atoms with van der Waals surface area (Å²) in [5, 5.41) is 41.1. The van der Waals surface area contributed by atoms with Crippen molar-refractivity contribution in [3.05, 3.63) is 10.7 Å². The van der Waals surface area contributed by atoms with Crippen LogP contribution in [0, 0.1) is 0 Å². The van der Waals surface area contributed by atoms with Crippen LogP contribution in [0.1, 0.15) is 6.42 Å². The third-order valence-corrected chi connectivity index (χ3v) is 4.16. The Morgan fingerprint density at radius 3 is 2.71 bits per heavy atom. The Kier molecular flexibility index (Phi) is 5.20.